The normalized spacial score (nSPS) is 17.3. The molecule has 0 radical (unpaired) electrons. The summed E-state index contributed by atoms with van der Waals surface area (Å²) in [5, 5.41) is 10.6. The second-order valence-electron chi connectivity index (χ2n) is 6.42. The highest BCUT2D eigenvalue weighted by Crippen LogP contribution is 2.13. The molecule has 1 aromatic rings. The number of alkyl halides is 2. The van der Waals surface area contributed by atoms with Crippen molar-refractivity contribution in [2.75, 3.05) is 32.7 Å². The molecule has 0 atom stereocenters. The minimum Gasteiger partial charge on any atom is -0.361 e. The predicted molar refractivity (Wildman–Crippen MR) is 94.3 cm³/mol. The van der Waals surface area contributed by atoms with Crippen LogP contribution < -0.4 is 10.6 Å². The van der Waals surface area contributed by atoms with E-state index in [9.17, 15) is 8.78 Å². The number of rotatable bonds is 7. The topological polar surface area (TPSA) is 65.7 Å². The van der Waals surface area contributed by atoms with Gasteiger partial charge in [-0.1, -0.05) is 5.16 Å². The summed E-state index contributed by atoms with van der Waals surface area (Å²) < 4.78 is 30.1. The lowest BCUT2D eigenvalue weighted by Crippen LogP contribution is -2.49. The molecule has 1 saturated heterocycles. The average Bonchev–Trinajstić information content (AvgIpc) is 2.88. The quantitative estimate of drug-likeness (QED) is 0.578. The van der Waals surface area contributed by atoms with E-state index in [1.165, 1.54) is 0 Å². The maximum Gasteiger partial charge on any atom is 0.251 e. The highest BCUT2D eigenvalue weighted by molar-refractivity contribution is 5.80. The molecule has 0 aromatic carbocycles. The van der Waals surface area contributed by atoms with Gasteiger partial charge in [-0.05, 0) is 40.0 Å². The van der Waals surface area contributed by atoms with Crippen LogP contribution in [0.15, 0.2) is 9.52 Å². The minimum atomic E-state index is -2.26. The number of piperidine rings is 1. The third-order valence-corrected chi connectivity index (χ3v) is 4.48. The number of hydrogen-bond donors (Lipinski definition) is 2. The summed E-state index contributed by atoms with van der Waals surface area (Å²) in [4.78, 5) is 6.45. The van der Waals surface area contributed by atoms with Crippen LogP contribution in [-0.2, 0) is 6.42 Å². The maximum atomic E-state index is 12.4. The van der Waals surface area contributed by atoms with Gasteiger partial charge in [-0.3, -0.25) is 9.89 Å². The first-order chi connectivity index (χ1) is 12.0. The Labute approximate surface area is 148 Å². The van der Waals surface area contributed by atoms with Crippen molar-refractivity contribution in [1.29, 1.82) is 0 Å². The molecule has 0 amide bonds. The van der Waals surface area contributed by atoms with Crippen LogP contribution in [0.25, 0.3) is 0 Å². The Kier molecular flexibility index (Phi) is 7.61. The number of hydrogen-bond acceptors (Lipinski definition) is 4. The lowest BCUT2D eigenvalue weighted by Gasteiger charge is -2.32. The first-order valence-corrected chi connectivity index (χ1v) is 8.96. The van der Waals surface area contributed by atoms with Crippen molar-refractivity contribution in [3.8, 4) is 0 Å². The van der Waals surface area contributed by atoms with E-state index in [-0.39, 0.29) is 12.6 Å². The molecule has 0 aliphatic carbocycles. The monoisotopic (exact) mass is 357 g/mol. The fourth-order valence-corrected chi connectivity index (χ4v) is 3.11. The first kappa shape index (κ1) is 19.6. The Hall–Kier alpha value is -1.70. The largest absolute Gasteiger partial charge is 0.361 e. The molecule has 1 fully saturated rings. The lowest BCUT2D eigenvalue weighted by molar-refractivity contribution is 0.0744. The SMILES string of the molecule is CCNC(=NCCc1c(C)noc1C)NC1CCN(CC(F)F)CC1. The standard InChI is InChI=1S/C17H29F2N5O/c1-4-20-17(21-8-5-15-12(2)23-25-13(15)3)22-14-6-9-24(10-7-14)11-16(18)19/h14,16H,4-11H2,1-3H3,(H2,20,21,22). The van der Waals surface area contributed by atoms with E-state index in [4.69, 9.17) is 4.52 Å². The first-order valence-electron chi connectivity index (χ1n) is 8.96. The van der Waals surface area contributed by atoms with E-state index in [0.29, 0.717) is 19.6 Å². The van der Waals surface area contributed by atoms with Gasteiger partial charge in [-0.15, -0.1) is 0 Å². The Morgan fingerprint density at radius 1 is 1.36 bits per heavy atom. The highest BCUT2D eigenvalue weighted by Gasteiger charge is 2.22. The Bertz CT molecular complexity index is 534. The van der Waals surface area contributed by atoms with Gasteiger partial charge in [0.05, 0.1) is 12.2 Å². The summed E-state index contributed by atoms with van der Waals surface area (Å²) >= 11 is 0. The summed E-state index contributed by atoms with van der Waals surface area (Å²) in [6, 6.07) is 0.269. The van der Waals surface area contributed by atoms with Crippen LogP contribution in [0.1, 0.15) is 36.8 Å². The van der Waals surface area contributed by atoms with Crippen molar-refractivity contribution in [2.24, 2.45) is 4.99 Å². The molecule has 0 spiro atoms. The van der Waals surface area contributed by atoms with Crippen molar-refractivity contribution in [2.45, 2.75) is 52.5 Å². The van der Waals surface area contributed by atoms with Crippen molar-refractivity contribution < 1.29 is 13.3 Å². The fourth-order valence-electron chi connectivity index (χ4n) is 3.11. The number of halogens is 2. The molecule has 8 heteroatoms. The van der Waals surface area contributed by atoms with E-state index in [2.05, 4.69) is 20.8 Å². The molecule has 2 rings (SSSR count). The van der Waals surface area contributed by atoms with Crippen molar-refractivity contribution in [3.05, 3.63) is 17.0 Å². The molecular formula is C17H29F2N5O. The van der Waals surface area contributed by atoms with Crippen molar-refractivity contribution in [3.63, 3.8) is 0 Å². The summed E-state index contributed by atoms with van der Waals surface area (Å²) in [6.45, 7) is 8.56. The maximum absolute atomic E-state index is 12.4. The molecule has 0 unspecified atom stereocenters. The van der Waals surface area contributed by atoms with Gasteiger partial charge in [0, 0.05) is 37.8 Å². The molecule has 2 heterocycles. The molecule has 25 heavy (non-hydrogen) atoms. The Morgan fingerprint density at radius 2 is 2.08 bits per heavy atom. The summed E-state index contributed by atoms with van der Waals surface area (Å²) in [5.41, 5.74) is 2.02. The Morgan fingerprint density at radius 3 is 2.64 bits per heavy atom. The van der Waals surface area contributed by atoms with Crippen LogP contribution in [0.2, 0.25) is 0 Å². The van der Waals surface area contributed by atoms with Gasteiger partial charge in [-0.25, -0.2) is 8.78 Å². The van der Waals surface area contributed by atoms with E-state index in [0.717, 1.165) is 48.8 Å². The number of nitrogens with one attached hydrogen (secondary N) is 2. The van der Waals surface area contributed by atoms with Crippen LogP contribution in [-0.4, -0.2) is 61.2 Å². The van der Waals surface area contributed by atoms with E-state index in [1.54, 1.807) is 0 Å². The molecule has 1 aromatic heterocycles. The molecule has 142 valence electrons. The fraction of sp³-hybridized carbons (Fsp3) is 0.765. The van der Waals surface area contributed by atoms with Gasteiger partial charge in [0.15, 0.2) is 5.96 Å². The molecular weight excluding hydrogens is 328 g/mol. The van der Waals surface area contributed by atoms with E-state index < -0.39 is 6.43 Å². The molecule has 1 aliphatic rings. The van der Waals surface area contributed by atoms with Gasteiger partial charge in [0.1, 0.15) is 5.76 Å². The van der Waals surface area contributed by atoms with Gasteiger partial charge >= 0.3 is 0 Å². The third kappa shape index (κ3) is 6.26. The van der Waals surface area contributed by atoms with Crippen LogP contribution >= 0.6 is 0 Å². The molecule has 6 nitrogen and oxygen atoms in total. The van der Waals surface area contributed by atoms with Crippen LogP contribution in [0.4, 0.5) is 8.78 Å². The predicted octanol–water partition coefficient (Wildman–Crippen LogP) is 2.12. The average molecular weight is 357 g/mol. The number of aliphatic imine (C=N–C) groups is 1. The smallest absolute Gasteiger partial charge is 0.251 e. The number of nitrogens with zero attached hydrogens (tertiary/aromatic N) is 3. The van der Waals surface area contributed by atoms with Crippen LogP contribution in [0.5, 0.6) is 0 Å². The molecule has 2 N–H and O–H groups in total. The highest BCUT2D eigenvalue weighted by atomic mass is 19.3. The van der Waals surface area contributed by atoms with Crippen molar-refractivity contribution >= 4 is 5.96 Å². The van der Waals surface area contributed by atoms with E-state index >= 15 is 0 Å². The summed E-state index contributed by atoms with van der Waals surface area (Å²) in [5.74, 6) is 1.62. The van der Waals surface area contributed by atoms with Gasteiger partial charge in [0.25, 0.3) is 6.43 Å². The van der Waals surface area contributed by atoms with Gasteiger partial charge in [0.2, 0.25) is 0 Å². The zero-order valence-electron chi connectivity index (χ0n) is 15.3. The van der Waals surface area contributed by atoms with Crippen LogP contribution in [0.3, 0.4) is 0 Å². The molecule has 0 saturated carbocycles. The zero-order valence-corrected chi connectivity index (χ0v) is 15.3. The summed E-state index contributed by atoms with van der Waals surface area (Å²) in [7, 11) is 0. The lowest BCUT2D eigenvalue weighted by atomic mass is 10.1. The minimum absolute atomic E-state index is 0.127. The molecule has 0 bridgehead atoms. The third-order valence-electron chi connectivity index (χ3n) is 4.48. The van der Waals surface area contributed by atoms with Gasteiger partial charge in [-0.2, -0.15) is 0 Å². The van der Waals surface area contributed by atoms with Gasteiger partial charge < -0.3 is 15.2 Å². The summed E-state index contributed by atoms with van der Waals surface area (Å²) in [6.07, 6.45) is 0.222. The van der Waals surface area contributed by atoms with E-state index in [1.807, 2.05) is 25.7 Å². The number of guanidine groups is 1. The second kappa shape index (κ2) is 9.70. The molecule has 1 aliphatic heterocycles. The second-order valence-corrected chi connectivity index (χ2v) is 6.42. The number of aromatic nitrogens is 1. The number of aryl methyl sites for hydroxylation is 2. The number of likely N-dealkylation sites (tertiary alicyclic amines) is 1. The van der Waals surface area contributed by atoms with Crippen molar-refractivity contribution in [1.82, 2.24) is 20.7 Å². The Balaban J connectivity index is 1.82. The zero-order chi connectivity index (χ0) is 18.2. The van der Waals surface area contributed by atoms with Crippen LogP contribution in [0, 0.1) is 13.8 Å².